The van der Waals surface area contributed by atoms with E-state index in [1.807, 2.05) is 30.3 Å². The molecule has 0 unspecified atom stereocenters. The molecule has 0 fully saturated rings. The first-order valence-electron chi connectivity index (χ1n) is 9.07. The van der Waals surface area contributed by atoms with Crippen LogP contribution in [0.15, 0.2) is 84.0 Å². The number of carbonyl (C=O) groups excluding carboxylic acids is 1. The third-order valence-corrected chi connectivity index (χ3v) is 3.97. The van der Waals surface area contributed by atoms with Crippen LogP contribution < -0.4 is 14.9 Å². The maximum atomic E-state index is 11.8. The van der Waals surface area contributed by atoms with E-state index in [2.05, 4.69) is 10.5 Å². The molecule has 3 aromatic carbocycles. The maximum Gasteiger partial charge on any atom is 0.277 e. The Kier molecular flexibility index (Phi) is 7.10. The SMILES string of the molecule is O=C(COc1ccccc1)N/N=C\c1ccccc1OCc1ccc([N+](=O)[O-])cc1. The third-order valence-electron chi connectivity index (χ3n) is 3.97. The molecule has 0 spiro atoms. The van der Waals surface area contributed by atoms with E-state index < -0.39 is 4.92 Å². The number of nitrogens with one attached hydrogen (secondary N) is 1. The van der Waals surface area contributed by atoms with Crippen molar-refractivity contribution in [2.75, 3.05) is 6.61 Å². The summed E-state index contributed by atoms with van der Waals surface area (Å²) in [6.45, 7) is 0.0831. The topological polar surface area (TPSA) is 103 Å². The number of nitro benzene ring substituents is 1. The fraction of sp³-hybridized carbons (Fsp3) is 0.0909. The summed E-state index contributed by atoms with van der Waals surface area (Å²) in [6.07, 6.45) is 1.48. The maximum absolute atomic E-state index is 11.8. The number of ether oxygens (including phenoxy) is 2. The molecule has 0 aliphatic rings. The first-order valence-corrected chi connectivity index (χ1v) is 9.07. The molecular formula is C22H19N3O5. The largest absolute Gasteiger partial charge is 0.488 e. The minimum Gasteiger partial charge on any atom is -0.488 e. The van der Waals surface area contributed by atoms with Gasteiger partial charge in [-0.05, 0) is 42.0 Å². The Bertz CT molecular complexity index is 1020. The van der Waals surface area contributed by atoms with E-state index in [9.17, 15) is 14.9 Å². The fourth-order valence-electron chi connectivity index (χ4n) is 2.47. The molecule has 3 rings (SSSR count). The summed E-state index contributed by atoms with van der Waals surface area (Å²) in [5.74, 6) is 0.774. The molecule has 0 aliphatic heterocycles. The van der Waals surface area contributed by atoms with Crippen molar-refractivity contribution in [2.45, 2.75) is 6.61 Å². The predicted molar refractivity (Wildman–Crippen MR) is 112 cm³/mol. The van der Waals surface area contributed by atoms with Gasteiger partial charge in [0.2, 0.25) is 0 Å². The van der Waals surface area contributed by atoms with Gasteiger partial charge in [0.15, 0.2) is 6.61 Å². The highest BCUT2D eigenvalue weighted by Crippen LogP contribution is 2.19. The second-order valence-corrected chi connectivity index (χ2v) is 6.14. The van der Waals surface area contributed by atoms with E-state index in [4.69, 9.17) is 9.47 Å². The predicted octanol–water partition coefficient (Wildman–Crippen LogP) is 3.70. The molecule has 8 nitrogen and oxygen atoms in total. The molecule has 1 amide bonds. The van der Waals surface area contributed by atoms with Crippen LogP contribution in [0.1, 0.15) is 11.1 Å². The standard InChI is InChI=1S/C22H19N3O5/c26-22(16-29-20-7-2-1-3-8-20)24-23-14-18-6-4-5-9-21(18)30-15-17-10-12-19(13-11-17)25(27)28/h1-14H,15-16H2,(H,24,26)/b23-14-. The lowest BCUT2D eigenvalue weighted by atomic mass is 10.2. The number of nitrogens with zero attached hydrogens (tertiary/aromatic N) is 2. The zero-order chi connectivity index (χ0) is 21.2. The molecular weight excluding hydrogens is 386 g/mol. The van der Waals surface area contributed by atoms with Gasteiger partial charge < -0.3 is 9.47 Å². The van der Waals surface area contributed by atoms with E-state index in [-0.39, 0.29) is 24.8 Å². The molecule has 1 N–H and O–H groups in total. The second-order valence-electron chi connectivity index (χ2n) is 6.14. The molecule has 8 heteroatoms. The lowest BCUT2D eigenvalue weighted by Gasteiger charge is -2.09. The normalized spacial score (nSPS) is 10.5. The summed E-state index contributed by atoms with van der Waals surface area (Å²) in [5.41, 5.74) is 3.89. The first kappa shape index (κ1) is 20.5. The van der Waals surface area contributed by atoms with E-state index >= 15 is 0 Å². The number of non-ortho nitro benzene ring substituents is 1. The minimum absolute atomic E-state index is 0.0262. The van der Waals surface area contributed by atoms with Crippen LogP contribution in [0, 0.1) is 10.1 Å². The highest BCUT2D eigenvalue weighted by molar-refractivity contribution is 5.85. The summed E-state index contributed by atoms with van der Waals surface area (Å²) in [4.78, 5) is 22.1. The first-order chi connectivity index (χ1) is 14.6. The molecule has 0 aliphatic carbocycles. The zero-order valence-corrected chi connectivity index (χ0v) is 15.9. The van der Waals surface area contributed by atoms with Crippen molar-refractivity contribution in [3.8, 4) is 11.5 Å². The molecule has 0 saturated carbocycles. The van der Waals surface area contributed by atoms with Gasteiger partial charge in [0.25, 0.3) is 11.6 Å². The van der Waals surface area contributed by atoms with Crippen LogP contribution in [0.5, 0.6) is 11.5 Å². The lowest BCUT2D eigenvalue weighted by molar-refractivity contribution is -0.384. The van der Waals surface area contributed by atoms with Gasteiger partial charge in [-0.3, -0.25) is 14.9 Å². The molecule has 0 atom stereocenters. The van der Waals surface area contributed by atoms with Crippen LogP contribution in [0.3, 0.4) is 0 Å². The lowest BCUT2D eigenvalue weighted by Crippen LogP contribution is -2.24. The highest BCUT2D eigenvalue weighted by atomic mass is 16.6. The minimum atomic E-state index is -0.449. The van der Waals surface area contributed by atoms with Crippen molar-refractivity contribution in [1.29, 1.82) is 0 Å². The number of nitro groups is 1. The number of benzene rings is 3. The van der Waals surface area contributed by atoms with Crippen molar-refractivity contribution in [2.24, 2.45) is 5.10 Å². The number of hydrazone groups is 1. The molecule has 0 radical (unpaired) electrons. The smallest absolute Gasteiger partial charge is 0.277 e. The number of hydrogen-bond acceptors (Lipinski definition) is 6. The van der Waals surface area contributed by atoms with Gasteiger partial charge in [-0.25, -0.2) is 5.43 Å². The Morgan fingerprint density at radius 2 is 1.67 bits per heavy atom. The molecule has 0 heterocycles. The molecule has 0 saturated heterocycles. The Balaban J connectivity index is 1.52. The Labute approximate surface area is 172 Å². The monoisotopic (exact) mass is 405 g/mol. The summed E-state index contributed by atoms with van der Waals surface area (Å²) < 4.78 is 11.1. The number of para-hydroxylation sites is 2. The average molecular weight is 405 g/mol. The molecule has 0 bridgehead atoms. The van der Waals surface area contributed by atoms with Crippen LogP contribution >= 0.6 is 0 Å². The highest BCUT2D eigenvalue weighted by Gasteiger charge is 2.06. The van der Waals surface area contributed by atoms with Gasteiger partial charge in [0.05, 0.1) is 11.1 Å². The molecule has 30 heavy (non-hydrogen) atoms. The summed E-state index contributed by atoms with van der Waals surface area (Å²) in [5, 5.41) is 14.7. The van der Waals surface area contributed by atoms with Gasteiger partial charge in [0, 0.05) is 17.7 Å². The van der Waals surface area contributed by atoms with Gasteiger partial charge in [-0.1, -0.05) is 30.3 Å². The summed E-state index contributed by atoms with van der Waals surface area (Å²) in [7, 11) is 0. The van der Waals surface area contributed by atoms with Gasteiger partial charge >= 0.3 is 0 Å². The molecule has 0 aromatic heterocycles. The van der Waals surface area contributed by atoms with Crippen molar-refractivity contribution < 1.29 is 19.2 Å². The van der Waals surface area contributed by atoms with Crippen LogP contribution in [0.25, 0.3) is 0 Å². The summed E-state index contributed by atoms with van der Waals surface area (Å²) in [6, 6.07) is 22.4. The summed E-state index contributed by atoms with van der Waals surface area (Å²) >= 11 is 0. The van der Waals surface area contributed by atoms with Gasteiger partial charge in [-0.15, -0.1) is 0 Å². The third kappa shape index (κ3) is 6.16. The van der Waals surface area contributed by atoms with Crippen LogP contribution in [0.4, 0.5) is 5.69 Å². The van der Waals surface area contributed by atoms with Crippen molar-refractivity contribution >= 4 is 17.8 Å². The second kappa shape index (κ2) is 10.4. The quantitative estimate of drug-likeness (QED) is 0.332. The van der Waals surface area contributed by atoms with Crippen LogP contribution in [-0.4, -0.2) is 23.7 Å². The Morgan fingerprint density at radius 3 is 2.40 bits per heavy atom. The van der Waals surface area contributed by atoms with Crippen LogP contribution in [-0.2, 0) is 11.4 Å². The average Bonchev–Trinajstić information content (AvgIpc) is 2.78. The van der Waals surface area contributed by atoms with E-state index in [0.29, 0.717) is 17.1 Å². The van der Waals surface area contributed by atoms with Crippen molar-refractivity contribution in [1.82, 2.24) is 5.43 Å². The van der Waals surface area contributed by atoms with E-state index in [0.717, 1.165) is 5.56 Å². The zero-order valence-electron chi connectivity index (χ0n) is 15.9. The Hall–Kier alpha value is -4.20. The molecule has 3 aromatic rings. The number of amides is 1. The van der Waals surface area contributed by atoms with E-state index in [1.165, 1.54) is 18.3 Å². The van der Waals surface area contributed by atoms with E-state index in [1.54, 1.807) is 36.4 Å². The van der Waals surface area contributed by atoms with Crippen molar-refractivity contribution in [3.63, 3.8) is 0 Å². The van der Waals surface area contributed by atoms with Crippen LogP contribution in [0.2, 0.25) is 0 Å². The Morgan fingerprint density at radius 1 is 0.967 bits per heavy atom. The number of carbonyl (C=O) groups is 1. The fourth-order valence-corrected chi connectivity index (χ4v) is 2.47. The number of rotatable bonds is 9. The molecule has 152 valence electrons. The van der Waals surface area contributed by atoms with Crippen molar-refractivity contribution in [3.05, 3.63) is 100 Å². The van der Waals surface area contributed by atoms with Gasteiger partial charge in [0.1, 0.15) is 18.1 Å². The van der Waals surface area contributed by atoms with Gasteiger partial charge in [-0.2, -0.15) is 5.10 Å². The number of hydrogen-bond donors (Lipinski definition) is 1.